The molecular weight excluding hydrogens is 156 g/mol. The highest BCUT2D eigenvalue weighted by Gasteiger charge is 2.50. The molecule has 0 radical (unpaired) electrons. The fraction of sp³-hybridized carbons (Fsp3) is 1.00. The second-order valence-electron chi connectivity index (χ2n) is 6.00. The molecule has 0 spiro atoms. The van der Waals surface area contributed by atoms with Crippen molar-refractivity contribution in [1.29, 1.82) is 0 Å². The van der Waals surface area contributed by atoms with Crippen LogP contribution in [0.15, 0.2) is 0 Å². The van der Waals surface area contributed by atoms with Gasteiger partial charge in [0.25, 0.3) is 0 Å². The van der Waals surface area contributed by atoms with Gasteiger partial charge in [0.1, 0.15) is 0 Å². The third-order valence-electron chi connectivity index (χ3n) is 5.34. The maximum atomic E-state index is 2.49. The lowest BCUT2D eigenvalue weighted by atomic mass is 9.86. The highest BCUT2D eigenvalue weighted by atomic mass is 14.6. The zero-order valence-corrected chi connectivity index (χ0v) is 9.00. The topological polar surface area (TPSA) is 0 Å². The number of rotatable bonds is 1. The van der Waals surface area contributed by atoms with Crippen molar-refractivity contribution in [2.75, 3.05) is 0 Å². The quantitative estimate of drug-likeness (QED) is 0.574. The first kappa shape index (κ1) is 8.32. The standard InChI is InChI=1S/C13H22/c1-8-3-4-11-10(8)5-6-12(11)13-7-9(13)2/h8-13H,3-7H2,1-2H3. The van der Waals surface area contributed by atoms with Crippen LogP contribution in [0.1, 0.15) is 46.0 Å². The zero-order chi connectivity index (χ0) is 9.00. The summed E-state index contributed by atoms with van der Waals surface area (Å²) in [5.41, 5.74) is 0. The Kier molecular flexibility index (Phi) is 1.76. The molecule has 0 heteroatoms. The van der Waals surface area contributed by atoms with Gasteiger partial charge in [0, 0.05) is 0 Å². The van der Waals surface area contributed by atoms with E-state index in [-0.39, 0.29) is 0 Å². The van der Waals surface area contributed by atoms with Crippen molar-refractivity contribution < 1.29 is 0 Å². The van der Waals surface area contributed by atoms with Crippen LogP contribution in [0.25, 0.3) is 0 Å². The molecule has 3 aliphatic carbocycles. The molecule has 0 aromatic heterocycles. The lowest BCUT2D eigenvalue weighted by Crippen LogP contribution is -2.13. The van der Waals surface area contributed by atoms with Gasteiger partial charge in [-0.15, -0.1) is 0 Å². The number of hydrogen-bond donors (Lipinski definition) is 0. The minimum absolute atomic E-state index is 1.06. The van der Waals surface area contributed by atoms with Crippen molar-refractivity contribution in [3.8, 4) is 0 Å². The minimum atomic E-state index is 1.06. The minimum Gasteiger partial charge on any atom is -0.0622 e. The van der Waals surface area contributed by atoms with Gasteiger partial charge < -0.3 is 0 Å². The fourth-order valence-electron chi connectivity index (χ4n) is 4.41. The molecule has 0 aromatic carbocycles. The van der Waals surface area contributed by atoms with E-state index in [2.05, 4.69) is 13.8 Å². The Morgan fingerprint density at radius 3 is 1.85 bits per heavy atom. The van der Waals surface area contributed by atoms with Crippen LogP contribution in [0.5, 0.6) is 0 Å². The molecule has 0 aromatic rings. The van der Waals surface area contributed by atoms with Gasteiger partial charge in [0.05, 0.1) is 0 Å². The van der Waals surface area contributed by atoms with Crippen molar-refractivity contribution in [2.24, 2.45) is 35.5 Å². The molecule has 0 amide bonds. The Morgan fingerprint density at radius 1 is 0.615 bits per heavy atom. The first-order valence-electron chi connectivity index (χ1n) is 6.27. The summed E-state index contributed by atoms with van der Waals surface area (Å²) in [5, 5.41) is 0. The van der Waals surface area contributed by atoms with E-state index in [1.165, 1.54) is 6.42 Å². The van der Waals surface area contributed by atoms with Crippen molar-refractivity contribution in [1.82, 2.24) is 0 Å². The van der Waals surface area contributed by atoms with Crippen LogP contribution in [0.3, 0.4) is 0 Å². The predicted octanol–water partition coefficient (Wildman–Crippen LogP) is 3.71. The molecule has 13 heavy (non-hydrogen) atoms. The van der Waals surface area contributed by atoms with Crippen molar-refractivity contribution in [3.63, 3.8) is 0 Å². The summed E-state index contributed by atoms with van der Waals surface area (Å²) in [5.74, 6) is 6.75. The highest BCUT2D eigenvalue weighted by Crippen LogP contribution is 2.59. The van der Waals surface area contributed by atoms with E-state index in [1.54, 1.807) is 25.7 Å². The molecule has 74 valence electrons. The average molecular weight is 178 g/mol. The lowest BCUT2D eigenvalue weighted by Gasteiger charge is -2.19. The molecule has 3 fully saturated rings. The molecule has 3 saturated carbocycles. The Hall–Kier alpha value is 0. The van der Waals surface area contributed by atoms with Gasteiger partial charge in [-0.1, -0.05) is 20.3 Å². The van der Waals surface area contributed by atoms with Gasteiger partial charge in [-0.3, -0.25) is 0 Å². The molecule has 3 aliphatic rings. The summed E-state index contributed by atoms with van der Waals surface area (Å²) in [7, 11) is 0. The van der Waals surface area contributed by atoms with Crippen LogP contribution >= 0.6 is 0 Å². The molecule has 6 atom stereocenters. The highest BCUT2D eigenvalue weighted by molar-refractivity contribution is 5.00. The molecule has 0 bridgehead atoms. The van der Waals surface area contributed by atoms with E-state index in [0.717, 1.165) is 35.5 Å². The fourth-order valence-corrected chi connectivity index (χ4v) is 4.41. The van der Waals surface area contributed by atoms with E-state index < -0.39 is 0 Å². The molecular formula is C13H22. The van der Waals surface area contributed by atoms with Crippen LogP contribution in [0.2, 0.25) is 0 Å². The van der Waals surface area contributed by atoms with E-state index >= 15 is 0 Å². The van der Waals surface area contributed by atoms with Crippen LogP contribution in [0, 0.1) is 35.5 Å². The monoisotopic (exact) mass is 178 g/mol. The molecule has 0 nitrogen and oxygen atoms in total. The van der Waals surface area contributed by atoms with E-state index in [1.807, 2.05) is 0 Å². The normalized spacial score (nSPS) is 59.5. The van der Waals surface area contributed by atoms with Crippen LogP contribution in [-0.2, 0) is 0 Å². The Labute approximate surface area is 82.1 Å². The van der Waals surface area contributed by atoms with Gasteiger partial charge >= 0.3 is 0 Å². The Balaban J connectivity index is 1.72. The maximum absolute atomic E-state index is 2.49. The van der Waals surface area contributed by atoms with Crippen LogP contribution in [0.4, 0.5) is 0 Å². The summed E-state index contributed by atoms with van der Waals surface area (Å²) in [6.45, 7) is 4.94. The third kappa shape index (κ3) is 1.17. The molecule has 0 heterocycles. The number of fused-ring (bicyclic) bond motifs is 1. The maximum Gasteiger partial charge on any atom is -0.0352 e. The van der Waals surface area contributed by atoms with Gasteiger partial charge in [0.2, 0.25) is 0 Å². The van der Waals surface area contributed by atoms with Gasteiger partial charge in [0.15, 0.2) is 0 Å². The smallest absolute Gasteiger partial charge is 0.0352 e. The number of hydrogen-bond acceptors (Lipinski definition) is 0. The molecule has 0 N–H and O–H groups in total. The van der Waals surface area contributed by atoms with E-state index in [0.29, 0.717) is 0 Å². The summed E-state index contributed by atoms with van der Waals surface area (Å²) >= 11 is 0. The van der Waals surface area contributed by atoms with E-state index in [9.17, 15) is 0 Å². The largest absolute Gasteiger partial charge is 0.0622 e. The average Bonchev–Trinajstić information content (AvgIpc) is 2.60. The van der Waals surface area contributed by atoms with Crippen molar-refractivity contribution in [2.45, 2.75) is 46.0 Å². The Bertz CT molecular complexity index is 208. The predicted molar refractivity (Wildman–Crippen MR) is 55.4 cm³/mol. The van der Waals surface area contributed by atoms with Gasteiger partial charge in [-0.25, -0.2) is 0 Å². The second kappa shape index (κ2) is 2.74. The van der Waals surface area contributed by atoms with E-state index in [4.69, 9.17) is 0 Å². The first-order chi connectivity index (χ1) is 6.27. The van der Waals surface area contributed by atoms with Crippen molar-refractivity contribution in [3.05, 3.63) is 0 Å². The summed E-state index contributed by atoms with van der Waals surface area (Å²) in [6, 6.07) is 0. The molecule has 3 rings (SSSR count). The summed E-state index contributed by atoms with van der Waals surface area (Å²) in [6.07, 6.45) is 7.81. The van der Waals surface area contributed by atoms with Crippen LogP contribution in [-0.4, -0.2) is 0 Å². The first-order valence-corrected chi connectivity index (χ1v) is 6.27. The molecule has 6 unspecified atom stereocenters. The van der Waals surface area contributed by atoms with Gasteiger partial charge in [-0.05, 0) is 61.2 Å². The van der Waals surface area contributed by atoms with Crippen LogP contribution < -0.4 is 0 Å². The lowest BCUT2D eigenvalue weighted by molar-refractivity contribution is 0.293. The zero-order valence-electron chi connectivity index (χ0n) is 9.00. The third-order valence-corrected chi connectivity index (χ3v) is 5.34. The molecule has 0 saturated heterocycles. The summed E-state index contributed by atoms with van der Waals surface area (Å²) in [4.78, 5) is 0. The van der Waals surface area contributed by atoms with Crippen molar-refractivity contribution >= 4 is 0 Å². The second-order valence-corrected chi connectivity index (χ2v) is 6.00. The Morgan fingerprint density at radius 2 is 1.15 bits per heavy atom. The van der Waals surface area contributed by atoms with Gasteiger partial charge in [-0.2, -0.15) is 0 Å². The molecule has 0 aliphatic heterocycles. The SMILES string of the molecule is CC1CCC2C1CCC2C1CC1C. The summed E-state index contributed by atoms with van der Waals surface area (Å²) < 4.78 is 0.